The van der Waals surface area contributed by atoms with Gasteiger partial charge >= 0.3 is 0 Å². The van der Waals surface area contributed by atoms with Gasteiger partial charge in [-0.2, -0.15) is 0 Å². The Morgan fingerprint density at radius 1 is 1.14 bits per heavy atom. The zero-order valence-corrected chi connectivity index (χ0v) is 14.5. The monoisotopic (exact) mass is 341 g/mol. The Labute approximate surface area is 139 Å². The first-order chi connectivity index (χ1) is 9.99. The number of rotatable bonds is 5. The molecule has 0 spiro atoms. The number of hydrogen-bond acceptors (Lipinski definition) is 4. The van der Waals surface area contributed by atoms with E-state index in [-0.39, 0.29) is 5.92 Å². The van der Waals surface area contributed by atoms with Gasteiger partial charge in [0.2, 0.25) is 0 Å². The van der Waals surface area contributed by atoms with Crippen LogP contribution in [0.1, 0.15) is 32.5 Å². The Balaban J connectivity index is 2.31. The summed E-state index contributed by atoms with van der Waals surface area (Å²) < 4.78 is 0. The lowest BCUT2D eigenvalue weighted by atomic mass is 10.2. The van der Waals surface area contributed by atoms with Crippen LogP contribution in [0.3, 0.4) is 0 Å². The molecule has 2 aromatic rings. The second-order valence-corrected chi connectivity index (χ2v) is 6.72. The molecule has 0 saturated heterocycles. The molecule has 1 aromatic carbocycles. The maximum Gasteiger partial charge on any atom is 0.134 e. The van der Waals surface area contributed by atoms with Gasteiger partial charge in [0, 0.05) is 23.4 Å². The number of anilines is 1. The van der Waals surface area contributed by atoms with Gasteiger partial charge in [-0.25, -0.2) is 9.97 Å². The Kier molecular flexibility index (Phi) is 5.73. The molecule has 0 aliphatic heterocycles. The highest BCUT2D eigenvalue weighted by atomic mass is 35.5. The summed E-state index contributed by atoms with van der Waals surface area (Å²) in [6, 6.07) is 7.52. The number of halogens is 2. The average molecular weight is 342 g/mol. The molecule has 2 rings (SSSR count). The minimum Gasteiger partial charge on any atom is -0.370 e. The van der Waals surface area contributed by atoms with Gasteiger partial charge in [0.05, 0.1) is 10.0 Å². The largest absolute Gasteiger partial charge is 0.370 e. The molecular weight excluding hydrogens is 325 g/mol. The zero-order valence-electron chi connectivity index (χ0n) is 12.2. The van der Waals surface area contributed by atoms with Crippen LogP contribution < -0.4 is 5.32 Å². The highest BCUT2D eigenvalue weighted by Crippen LogP contribution is 2.32. The summed E-state index contributed by atoms with van der Waals surface area (Å²) >= 11 is 13.5. The van der Waals surface area contributed by atoms with Gasteiger partial charge in [-0.15, -0.1) is 0 Å². The van der Waals surface area contributed by atoms with E-state index in [1.807, 2.05) is 25.1 Å². The van der Waals surface area contributed by atoms with E-state index in [4.69, 9.17) is 23.2 Å². The van der Waals surface area contributed by atoms with Crippen molar-refractivity contribution in [3.05, 3.63) is 40.1 Å². The van der Waals surface area contributed by atoms with E-state index < -0.39 is 0 Å². The molecule has 0 aliphatic rings. The van der Waals surface area contributed by atoms with E-state index in [0.29, 0.717) is 10.0 Å². The summed E-state index contributed by atoms with van der Waals surface area (Å²) in [7, 11) is 0. The molecule has 0 aliphatic carbocycles. The summed E-state index contributed by atoms with van der Waals surface area (Å²) in [5.41, 5.74) is 0. The normalized spacial score (nSPS) is 11.0. The van der Waals surface area contributed by atoms with Gasteiger partial charge in [-0.05, 0) is 25.1 Å². The highest BCUT2D eigenvalue weighted by molar-refractivity contribution is 7.99. The van der Waals surface area contributed by atoms with Crippen molar-refractivity contribution in [3.8, 4) is 0 Å². The van der Waals surface area contributed by atoms with Crippen LogP contribution in [0, 0.1) is 0 Å². The van der Waals surface area contributed by atoms with Crippen LogP contribution in [-0.2, 0) is 0 Å². The standard InChI is InChI=1S/C15H17Cl2N3S/c1-4-18-13-8-14(20-15(19-13)9(2)3)21-10-5-6-11(16)12(17)7-10/h5-9H,4H2,1-3H3,(H,18,19,20). The lowest BCUT2D eigenvalue weighted by molar-refractivity contribution is 0.754. The van der Waals surface area contributed by atoms with Crippen LogP contribution in [0.25, 0.3) is 0 Å². The molecule has 0 saturated carbocycles. The van der Waals surface area contributed by atoms with Gasteiger partial charge in [0.15, 0.2) is 0 Å². The van der Waals surface area contributed by atoms with E-state index in [1.165, 1.54) is 0 Å². The van der Waals surface area contributed by atoms with E-state index >= 15 is 0 Å². The SMILES string of the molecule is CCNc1cc(Sc2ccc(Cl)c(Cl)c2)nc(C(C)C)n1. The molecule has 1 aromatic heterocycles. The fourth-order valence-electron chi connectivity index (χ4n) is 1.69. The van der Waals surface area contributed by atoms with Crippen LogP contribution in [0.4, 0.5) is 5.82 Å². The molecule has 0 unspecified atom stereocenters. The van der Waals surface area contributed by atoms with Crippen LogP contribution in [0.2, 0.25) is 10.0 Å². The Bertz CT molecular complexity index is 632. The fourth-order valence-corrected chi connectivity index (χ4v) is 2.91. The van der Waals surface area contributed by atoms with Gasteiger partial charge in [0.25, 0.3) is 0 Å². The molecule has 21 heavy (non-hydrogen) atoms. The first-order valence-electron chi connectivity index (χ1n) is 6.75. The van der Waals surface area contributed by atoms with Crippen molar-refractivity contribution in [2.24, 2.45) is 0 Å². The Morgan fingerprint density at radius 2 is 1.90 bits per heavy atom. The maximum atomic E-state index is 6.05. The van der Waals surface area contributed by atoms with Crippen molar-refractivity contribution in [1.29, 1.82) is 0 Å². The summed E-state index contributed by atoms with van der Waals surface area (Å²) in [4.78, 5) is 10.1. The van der Waals surface area contributed by atoms with Crippen LogP contribution in [0.15, 0.2) is 34.2 Å². The van der Waals surface area contributed by atoms with Crippen molar-refractivity contribution < 1.29 is 0 Å². The molecule has 0 bridgehead atoms. The lowest BCUT2D eigenvalue weighted by Crippen LogP contribution is -2.05. The maximum absolute atomic E-state index is 6.05. The minimum absolute atomic E-state index is 0.275. The topological polar surface area (TPSA) is 37.8 Å². The van der Waals surface area contributed by atoms with Gasteiger partial charge in [0.1, 0.15) is 16.7 Å². The lowest BCUT2D eigenvalue weighted by Gasteiger charge is -2.10. The van der Waals surface area contributed by atoms with Gasteiger partial charge < -0.3 is 5.32 Å². The molecule has 0 atom stereocenters. The molecule has 112 valence electrons. The molecule has 1 heterocycles. The third-order valence-corrected chi connectivity index (χ3v) is 4.35. The predicted octanol–water partition coefficient (Wildman–Crippen LogP) is 5.49. The number of hydrogen-bond donors (Lipinski definition) is 1. The van der Waals surface area contributed by atoms with E-state index in [9.17, 15) is 0 Å². The average Bonchev–Trinajstić information content (AvgIpc) is 2.43. The van der Waals surface area contributed by atoms with Crippen LogP contribution in [0.5, 0.6) is 0 Å². The van der Waals surface area contributed by atoms with Gasteiger partial charge in [-0.1, -0.05) is 48.8 Å². The van der Waals surface area contributed by atoms with Crippen molar-refractivity contribution >= 4 is 40.8 Å². The summed E-state index contributed by atoms with van der Waals surface area (Å²) in [6.45, 7) is 7.03. The Morgan fingerprint density at radius 3 is 2.52 bits per heavy atom. The molecule has 6 heteroatoms. The van der Waals surface area contributed by atoms with Crippen molar-refractivity contribution in [3.63, 3.8) is 0 Å². The summed E-state index contributed by atoms with van der Waals surface area (Å²) in [5.74, 6) is 1.95. The smallest absolute Gasteiger partial charge is 0.134 e. The van der Waals surface area contributed by atoms with E-state index in [0.717, 1.165) is 28.1 Å². The third-order valence-electron chi connectivity index (χ3n) is 2.71. The molecule has 0 radical (unpaired) electrons. The van der Waals surface area contributed by atoms with Gasteiger partial charge in [-0.3, -0.25) is 0 Å². The van der Waals surface area contributed by atoms with Crippen molar-refractivity contribution in [2.75, 3.05) is 11.9 Å². The van der Waals surface area contributed by atoms with Crippen molar-refractivity contribution in [2.45, 2.75) is 36.6 Å². The Hall–Kier alpha value is -0.970. The van der Waals surface area contributed by atoms with E-state index in [1.54, 1.807) is 17.8 Å². The number of aromatic nitrogens is 2. The molecule has 3 nitrogen and oxygen atoms in total. The molecule has 1 N–H and O–H groups in total. The second kappa shape index (κ2) is 7.34. The highest BCUT2D eigenvalue weighted by Gasteiger charge is 2.10. The number of nitrogens with zero attached hydrogens (tertiary/aromatic N) is 2. The first-order valence-corrected chi connectivity index (χ1v) is 8.32. The molecular formula is C15H17Cl2N3S. The third kappa shape index (κ3) is 4.50. The molecule has 0 amide bonds. The molecule has 0 fully saturated rings. The predicted molar refractivity (Wildman–Crippen MR) is 90.9 cm³/mol. The zero-order chi connectivity index (χ0) is 15.4. The minimum atomic E-state index is 0.275. The number of benzene rings is 1. The second-order valence-electron chi connectivity index (χ2n) is 4.81. The summed E-state index contributed by atoms with van der Waals surface area (Å²) in [6.07, 6.45) is 0. The van der Waals surface area contributed by atoms with E-state index in [2.05, 4.69) is 29.1 Å². The quantitative estimate of drug-likeness (QED) is 0.729. The fraction of sp³-hybridized carbons (Fsp3) is 0.333. The van der Waals surface area contributed by atoms with Crippen LogP contribution in [-0.4, -0.2) is 16.5 Å². The number of nitrogens with one attached hydrogen (secondary N) is 1. The van der Waals surface area contributed by atoms with Crippen molar-refractivity contribution in [1.82, 2.24) is 9.97 Å². The summed E-state index contributed by atoms with van der Waals surface area (Å²) in [5, 5.41) is 5.23. The first kappa shape index (κ1) is 16.4. The van der Waals surface area contributed by atoms with Crippen LogP contribution >= 0.6 is 35.0 Å².